The Bertz CT molecular complexity index is 1030. The van der Waals surface area contributed by atoms with Crippen LogP contribution in [0.5, 0.6) is 0 Å². The molecule has 6 heteroatoms. The van der Waals surface area contributed by atoms with Gasteiger partial charge >= 0.3 is 0 Å². The zero-order valence-corrected chi connectivity index (χ0v) is 16.4. The van der Waals surface area contributed by atoms with Crippen LogP contribution in [0.2, 0.25) is 0 Å². The number of nitrogens with zero attached hydrogens (tertiary/aromatic N) is 2. The molecule has 0 bridgehead atoms. The topological polar surface area (TPSA) is 77.2 Å². The van der Waals surface area contributed by atoms with Crippen molar-refractivity contribution in [2.75, 3.05) is 5.32 Å². The Kier molecular flexibility index (Phi) is 5.05. The van der Waals surface area contributed by atoms with E-state index >= 15 is 0 Å². The smallest absolute Gasteiger partial charge is 0.271 e. The van der Waals surface area contributed by atoms with Crippen LogP contribution < -0.4 is 5.32 Å². The van der Waals surface area contributed by atoms with E-state index in [1.165, 1.54) is 12.1 Å². The number of aromatic nitrogens is 1. The minimum Gasteiger partial charge on any atom is -0.322 e. The van der Waals surface area contributed by atoms with E-state index < -0.39 is 4.92 Å². The molecule has 3 rings (SSSR count). The van der Waals surface area contributed by atoms with Crippen molar-refractivity contribution in [1.82, 2.24) is 4.57 Å². The number of nitro benzene ring substituents is 1. The fourth-order valence-electron chi connectivity index (χ4n) is 3.19. The van der Waals surface area contributed by atoms with Crippen molar-refractivity contribution in [3.8, 4) is 5.69 Å². The van der Waals surface area contributed by atoms with Gasteiger partial charge in [0, 0.05) is 40.3 Å². The Morgan fingerprint density at radius 2 is 1.71 bits per heavy atom. The molecule has 1 amide bonds. The predicted molar refractivity (Wildman–Crippen MR) is 110 cm³/mol. The molecule has 28 heavy (non-hydrogen) atoms. The molecule has 0 unspecified atom stereocenters. The van der Waals surface area contributed by atoms with Crippen LogP contribution in [0.25, 0.3) is 5.69 Å². The summed E-state index contributed by atoms with van der Waals surface area (Å²) in [6.45, 7) is 8.21. The van der Waals surface area contributed by atoms with E-state index in [9.17, 15) is 14.9 Å². The average Bonchev–Trinajstić information content (AvgIpc) is 3.00. The van der Waals surface area contributed by atoms with Crippen molar-refractivity contribution in [2.24, 2.45) is 0 Å². The predicted octanol–water partition coefficient (Wildman–Crippen LogP) is 5.24. The van der Waals surface area contributed by atoms with Crippen molar-refractivity contribution in [3.63, 3.8) is 0 Å². The van der Waals surface area contributed by atoms with Crippen LogP contribution in [0.1, 0.15) is 42.5 Å². The number of hydrogen-bond donors (Lipinski definition) is 1. The molecule has 0 atom stereocenters. The zero-order valence-electron chi connectivity index (χ0n) is 16.4. The van der Waals surface area contributed by atoms with Gasteiger partial charge < -0.3 is 9.88 Å². The molecule has 1 N–H and O–H groups in total. The van der Waals surface area contributed by atoms with Gasteiger partial charge in [0.25, 0.3) is 11.6 Å². The van der Waals surface area contributed by atoms with E-state index in [1.807, 2.05) is 43.3 Å². The van der Waals surface area contributed by atoms with Gasteiger partial charge in [0.15, 0.2) is 0 Å². The maximum Gasteiger partial charge on any atom is 0.271 e. The summed E-state index contributed by atoms with van der Waals surface area (Å²) in [6.07, 6.45) is 0. The normalized spacial score (nSPS) is 11.3. The number of benzene rings is 2. The molecule has 6 nitrogen and oxygen atoms in total. The molecular formula is C22H23N3O3. The summed E-state index contributed by atoms with van der Waals surface area (Å²) in [5.41, 5.74) is 3.51. The van der Waals surface area contributed by atoms with Crippen LogP contribution in [0, 0.1) is 17.0 Å². The minimum atomic E-state index is -0.482. The SMILES string of the molecule is Cc1c(C(=O)Nc2cccc([N+](=O)[O-])c2)cc(C(C)(C)C)n1-c1ccccc1. The molecular weight excluding hydrogens is 354 g/mol. The molecule has 2 aromatic carbocycles. The highest BCUT2D eigenvalue weighted by Crippen LogP contribution is 2.31. The summed E-state index contributed by atoms with van der Waals surface area (Å²) in [4.78, 5) is 23.4. The van der Waals surface area contributed by atoms with Crippen LogP contribution in [0.4, 0.5) is 11.4 Å². The Morgan fingerprint density at radius 1 is 1.04 bits per heavy atom. The van der Waals surface area contributed by atoms with Crippen LogP contribution >= 0.6 is 0 Å². The summed E-state index contributed by atoms with van der Waals surface area (Å²) in [7, 11) is 0. The largest absolute Gasteiger partial charge is 0.322 e. The molecule has 0 saturated heterocycles. The molecule has 0 aliphatic carbocycles. The fraction of sp³-hybridized carbons (Fsp3) is 0.227. The van der Waals surface area contributed by atoms with E-state index in [4.69, 9.17) is 0 Å². The molecule has 144 valence electrons. The second kappa shape index (κ2) is 7.31. The second-order valence-corrected chi connectivity index (χ2v) is 7.71. The number of amides is 1. The quantitative estimate of drug-likeness (QED) is 0.499. The molecule has 3 aromatic rings. The lowest BCUT2D eigenvalue weighted by Crippen LogP contribution is -2.17. The van der Waals surface area contributed by atoms with E-state index in [1.54, 1.807) is 12.1 Å². The van der Waals surface area contributed by atoms with E-state index in [0.717, 1.165) is 17.1 Å². The molecule has 1 heterocycles. The number of anilines is 1. The van der Waals surface area contributed by atoms with Gasteiger partial charge in [-0.25, -0.2) is 0 Å². The molecule has 0 fully saturated rings. The first-order valence-corrected chi connectivity index (χ1v) is 9.02. The number of rotatable bonds is 4. The van der Waals surface area contributed by atoms with E-state index in [2.05, 4.69) is 30.7 Å². The van der Waals surface area contributed by atoms with Crippen LogP contribution in [0.3, 0.4) is 0 Å². The van der Waals surface area contributed by atoms with Gasteiger partial charge in [-0.15, -0.1) is 0 Å². The zero-order chi connectivity index (χ0) is 20.5. The Labute approximate surface area is 164 Å². The molecule has 1 aromatic heterocycles. The lowest BCUT2D eigenvalue weighted by molar-refractivity contribution is -0.384. The average molecular weight is 377 g/mol. The first kappa shape index (κ1) is 19.4. The van der Waals surface area contributed by atoms with Gasteiger partial charge in [-0.05, 0) is 31.2 Å². The van der Waals surface area contributed by atoms with Gasteiger partial charge in [0.2, 0.25) is 0 Å². The molecule has 0 spiro atoms. The number of hydrogen-bond acceptors (Lipinski definition) is 3. The monoisotopic (exact) mass is 377 g/mol. The second-order valence-electron chi connectivity index (χ2n) is 7.71. The van der Waals surface area contributed by atoms with Gasteiger partial charge in [-0.2, -0.15) is 0 Å². The Morgan fingerprint density at radius 3 is 2.32 bits per heavy atom. The highest BCUT2D eigenvalue weighted by atomic mass is 16.6. The van der Waals surface area contributed by atoms with Gasteiger partial charge in [0.05, 0.1) is 10.5 Å². The first-order chi connectivity index (χ1) is 13.2. The molecule has 0 aliphatic rings. The van der Waals surface area contributed by atoms with Gasteiger partial charge in [-0.1, -0.05) is 45.0 Å². The summed E-state index contributed by atoms with van der Waals surface area (Å²) >= 11 is 0. The number of carbonyl (C=O) groups is 1. The van der Waals surface area contributed by atoms with Crippen LogP contribution in [-0.2, 0) is 5.41 Å². The highest BCUT2D eigenvalue weighted by molar-refractivity contribution is 6.05. The summed E-state index contributed by atoms with van der Waals surface area (Å²) < 4.78 is 2.09. The highest BCUT2D eigenvalue weighted by Gasteiger charge is 2.26. The van der Waals surface area contributed by atoms with E-state index in [-0.39, 0.29) is 17.0 Å². The van der Waals surface area contributed by atoms with Crippen molar-refractivity contribution >= 4 is 17.3 Å². The molecule has 0 saturated carbocycles. The van der Waals surface area contributed by atoms with Crippen LogP contribution in [-0.4, -0.2) is 15.4 Å². The summed E-state index contributed by atoms with van der Waals surface area (Å²) in [5, 5.41) is 13.7. The maximum atomic E-state index is 12.9. The number of nitro groups is 1. The lowest BCUT2D eigenvalue weighted by atomic mass is 9.91. The number of nitrogens with one attached hydrogen (secondary N) is 1. The number of para-hydroxylation sites is 1. The Balaban J connectivity index is 2.03. The lowest BCUT2D eigenvalue weighted by Gasteiger charge is -2.22. The Hall–Kier alpha value is -3.41. The first-order valence-electron chi connectivity index (χ1n) is 9.02. The maximum absolute atomic E-state index is 12.9. The number of carbonyl (C=O) groups excluding carboxylic acids is 1. The van der Waals surface area contributed by atoms with Gasteiger partial charge in [0.1, 0.15) is 0 Å². The van der Waals surface area contributed by atoms with Crippen molar-refractivity contribution in [2.45, 2.75) is 33.1 Å². The standard InChI is InChI=1S/C22H23N3O3/c1-15-19(21(26)23-16-9-8-12-18(13-16)25(27)28)14-20(22(2,3)4)24(15)17-10-6-5-7-11-17/h5-14H,1-4H3,(H,23,26). The third-order valence-corrected chi connectivity index (χ3v) is 4.59. The van der Waals surface area contributed by atoms with Crippen molar-refractivity contribution < 1.29 is 9.72 Å². The van der Waals surface area contributed by atoms with Crippen molar-refractivity contribution in [1.29, 1.82) is 0 Å². The van der Waals surface area contributed by atoms with Gasteiger partial charge in [-0.3, -0.25) is 14.9 Å². The van der Waals surface area contributed by atoms with Crippen molar-refractivity contribution in [3.05, 3.63) is 87.7 Å². The molecule has 0 aliphatic heterocycles. The molecule has 0 radical (unpaired) electrons. The van der Waals surface area contributed by atoms with E-state index in [0.29, 0.717) is 11.3 Å². The summed E-state index contributed by atoms with van der Waals surface area (Å²) in [5.74, 6) is -0.293. The third kappa shape index (κ3) is 3.81. The third-order valence-electron chi connectivity index (χ3n) is 4.59. The minimum absolute atomic E-state index is 0.0632. The van der Waals surface area contributed by atoms with Crippen LogP contribution in [0.15, 0.2) is 60.7 Å². The fourth-order valence-corrected chi connectivity index (χ4v) is 3.19. The number of non-ortho nitro benzene ring substituents is 1. The summed E-state index contributed by atoms with van der Waals surface area (Å²) in [6, 6.07) is 17.7.